The molecule has 1 aromatic heterocycles. The second kappa shape index (κ2) is 7.62. The number of halogens is 1. The second-order valence-electron chi connectivity index (χ2n) is 5.14. The number of nitrogens with zero attached hydrogens (tertiary/aromatic N) is 2. The van der Waals surface area contributed by atoms with Gasteiger partial charge >= 0.3 is 0 Å². The first-order valence-corrected chi connectivity index (χ1v) is 7.95. The van der Waals surface area contributed by atoms with Gasteiger partial charge in [-0.15, -0.1) is 28.3 Å². The van der Waals surface area contributed by atoms with Gasteiger partial charge in [-0.1, -0.05) is 17.7 Å². The summed E-state index contributed by atoms with van der Waals surface area (Å²) < 4.78 is 7.32. The summed E-state index contributed by atoms with van der Waals surface area (Å²) in [4.78, 5) is 5.70. The van der Waals surface area contributed by atoms with Crippen LogP contribution in [-0.4, -0.2) is 11.7 Å². The zero-order valence-electron chi connectivity index (χ0n) is 13.3. The van der Waals surface area contributed by atoms with Gasteiger partial charge in [-0.25, -0.2) is 4.99 Å². The van der Waals surface area contributed by atoms with Gasteiger partial charge in [0.05, 0.1) is 18.5 Å². The molecule has 0 aliphatic heterocycles. The maximum atomic E-state index is 5.21. The molecule has 0 aliphatic carbocycles. The Bertz CT molecular complexity index is 833. The van der Waals surface area contributed by atoms with E-state index >= 15 is 0 Å². The van der Waals surface area contributed by atoms with Crippen molar-refractivity contribution in [3.05, 3.63) is 64.3 Å². The van der Waals surface area contributed by atoms with Crippen molar-refractivity contribution in [1.29, 1.82) is 0 Å². The fourth-order valence-corrected chi connectivity index (χ4v) is 3.15. The molecule has 0 unspecified atom stereocenters. The zero-order chi connectivity index (χ0) is 15.5. The van der Waals surface area contributed by atoms with Crippen LogP contribution < -0.4 is 9.54 Å². The molecule has 3 rings (SSSR count). The number of rotatable bonds is 3. The van der Waals surface area contributed by atoms with Gasteiger partial charge in [0, 0.05) is 12.4 Å². The van der Waals surface area contributed by atoms with E-state index in [-0.39, 0.29) is 17.0 Å². The van der Waals surface area contributed by atoms with E-state index in [1.807, 2.05) is 31.3 Å². The molecule has 3 aromatic rings. The van der Waals surface area contributed by atoms with E-state index in [2.05, 4.69) is 41.1 Å². The summed E-state index contributed by atoms with van der Waals surface area (Å²) in [5.74, 6) is 0.867. The molecule has 0 N–H and O–H groups in total. The third-order valence-electron chi connectivity index (χ3n) is 3.57. The molecule has 0 radical (unpaired) electrons. The first-order valence-electron chi connectivity index (χ1n) is 7.08. The highest BCUT2D eigenvalue weighted by molar-refractivity contribution is 8.93. The maximum Gasteiger partial charge on any atom is 0.190 e. The molecule has 0 aliphatic rings. The van der Waals surface area contributed by atoms with Crippen molar-refractivity contribution in [2.45, 2.75) is 6.92 Å². The van der Waals surface area contributed by atoms with Crippen molar-refractivity contribution >= 4 is 34.0 Å². The number of hydrogen-bond donors (Lipinski definition) is 0. The average Bonchev–Trinajstić information content (AvgIpc) is 2.91. The molecule has 0 bridgehead atoms. The maximum absolute atomic E-state index is 5.21. The van der Waals surface area contributed by atoms with Crippen molar-refractivity contribution < 1.29 is 4.74 Å². The summed E-state index contributed by atoms with van der Waals surface area (Å²) in [6.07, 6.45) is 0. The van der Waals surface area contributed by atoms with E-state index < -0.39 is 0 Å². The predicted octanol–water partition coefficient (Wildman–Crippen LogP) is 4.88. The van der Waals surface area contributed by atoms with Crippen molar-refractivity contribution in [2.75, 3.05) is 7.11 Å². The predicted molar refractivity (Wildman–Crippen MR) is 102 cm³/mol. The molecule has 0 saturated heterocycles. The highest BCUT2D eigenvalue weighted by Gasteiger charge is 2.05. The molecule has 120 valence electrons. The third kappa shape index (κ3) is 3.92. The Labute approximate surface area is 150 Å². The normalized spacial score (nSPS) is 11.2. The minimum atomic E-state index is 0. The van der Waals surface area contributed by atoms with Gasteiger partial charge < -0.3 is 9.30 Å². The zero-order valence-corrected chi connectivity index (χ0v) is 15.8. The molecular weight excluding hydrogens is 372 g/mol. The summed E-state index contributed by atoms with van der Waals surface area (Å²) in [6, 6.07) is 16.3. The Hall–Kier alpha value is -1.85. The average molecular weight is 391 g/mol. The Balaban J connectivity index is 0.00000192. The molecule has 3 nitrogen and oxygen atoms in total. The largest absolute Gasteiger partial charge is 0.497 e. The lowest BCUT2D eigenvalue weighted by Crippen LogP contribution is -2.10. The number of hydrogen-bond acceptors (Lipinski definition) is 3. The van der Waals surface area contributed by atoms with E-state index in [1.54, 1.807) is 18.4 Å². The Morgan fingerprint density at radius 2 is 1.65 bits per heavy atom. The van der Waals surface area contributed by atoms with Gasteiger partial charge in [0.2, 0.25) is 0 Å². The SMILES string of the molecule is Br.COc1ccc(-c2csc(=Nc3ccc(C)cc3)n2C)cc1. The van der Waals surface area contributed by atoms with Crippen LogP contribution in [-0.2, 0) is 7.05 Å². The fraction of sp³-hybridized carbons (Fsp3) is 0.167. The van der Waals surface area contributed by atoms with Crippen LogP contribution >= 0.6 is 28.3 Å². The summed E-state index contributed by atoms with van der Waals surface area (Å²) in [5.41, 5.74) is 4.53. The smallest absolute Gasteiger partial charge is 0.190 e. The van der Waals surface area contributed by atoms with Gasteiger partial charge in [0.15, 0.2) is 4.80 Å². The first kappa shape index (κ1) is 17.5. The number of thiazole rings is 1. The van der Waals surface area contributed by atoms with E-state index in [0.717, 1.165) is 27.5 Å². The molecular formula is C18H19BrN2OS. The topological polar surface area (TPSA) is 26.5 Å². The van der Waals surface area contributed by atoms with Gasteiger partial charge in [-0.2, -0.15) is 0 Å². The first-order chi connectivity index (χ1) is 10.7. The van der Waals surface area contributed by atoms with Gasteiger partial charge in [-0.3, -0.25) is 0 Å². The van der Waals surface area contributed by atoms with E-state index in [9.17, 15) is 0 Å². The molecule has 0 amide bonds. The number of methoxy groups -OCH3 is 1. The lowest BCUT2D eigenvalue weighted by atomic mass is 10.1. The molecule has 2 aromatic carbocycles. The van der Waals surface area contributed by atoms with Gasteiger partial charge in [0.25, 0.3) is 0 Å². The second-order valence-corrected chi connectivity index (χ2v) is 5.97. The number of aryl methyl sites for hydroxylation is 1. The van der Waals surface area contributed by atoms with E-state index in [4.69, 9.17) is 9.73 Å². The Morgan fingerprint density at radius 1 is 1.00 bits per heavy atom. The summed E-state index contributed by atoms with van der Waals surface area (Å²) in [6.45, 7) is 2.08. The van der Waals surface area contributed by atoms with Crippen molar-refractivity contribution in [1.82, 2.24) is 4.57 Å². The quantitative estimate of drug-likeness (QED) is 0.625. The van der Waals surface area contributed by atoms with Crippen LogP contribution in [0.15, 0.2) is 58.9 Å². The lowest BCUT2D eigenvalue weighted by Gasteiger charge is -2.04. The molecule has 0 atom stereocenters. The molecule has 1 heterocycles. The van der Waals surface area contributed by atoms with Gasteiger partial charge in [0.1, 0.15) is 5.75 Å². The number of benzene rings is 2. The molecule has 0 spiro atoms. The van der Waals surface area contributed by atoms with Crippen molar-refractivity contribution in [2.24, 2.45) is 12.0 Å². The Kier molecular flexibility index (Phi) is 5.80. The lowest BCUT2D eigenvalue weighted by molar-refractivity contribution is 0.415. The molecule has 23 heavy (non-hydrogen) atoms. The van der Waals surface area contributed by atoms with Crippen LogP contribution in [0.4, 0.5) is 5.69 Å². The van der Waals surface area contributed by atoms with Crippen LogP contribution in [0.25, 0.3) is 11.3 Å². The third-order valence-corrected chi connectivity index (χ3v) is 4.49. The number of aromatic nitrogens is 1. The van der Waals surface area contributed by atoms with Crippen LogP contribution in [0.1, 0.15) is 5.56 Å². The standard InChI is InChI=1S/C18H18N2OS.BrH/c1-13-4-8-15(9-5-13)19-18-20(2)17(12-22-18)14-6-10-16(21-3)11-7-14;/h4-12H,1-3H3;1H. The van der Waals surface area contributed by atoms with E-state index in [0.29, 0.717) is 0 Å². The van der Waals surface area contributed by atoms with Crippen LogP contribution in [0.3, 0.4) is 0 Å². The molecule has 5 heteroatoms. The van der Waals surface area contributed by atoms with Crippen LogP contribution in [0.2, 0.25) is 0 Å². The number of ether oxygens (including phenoxy) is 1. The summed E-state index contributed by atoms with van der Waals surface area (Å²) in [7, 11) is 3.72. The van der Waals surface area contributed by atoms with Gasteiger partial charge in [-0.05, 0) is 48.9 Å². The minimum Gasteiger partial charge on any atom is -0.497 e. The Morgan fingerprint density at radius 3 is 2.26 bits per heavy atom. The summed E-state index contributed by atoms with van der Waals surface area (Å²) >= 11 is 1.65. The van der Waals surface area contributed by atoms with Crippen LogP contribution in [0, 0.1) is 6.92 Å². The highest BCUT2D eigenvalue weighted by Crippen LogP contribution is 2.22. The summed E-state index contributed by atoms with van der Waals surface area (Å²) in [5, 5.41) is 2.13. The minimum absolute atomic E-state index is 0. The van der Waals surface area contributed by atoms with Crippen molar-refractivity contribution in [3.63, 3.8) is 0 Å². The highest BCUT2D eigenvalue weighted by atomic mass is 79.9. The van der Waals surface area contributed by atoms with E-state index in [1.165, 1.54) is 5.56 Å². The monoisotopic (exact) mass is 390 g/mol. The molecule has 0 fully saturated rings. The van der Waals surface area contributed by atoms with Crippen molar-refractivity contribution in [3.8, 4) is 17.0 Å². The fourth-order valence-electron chi connectivity index (χ4n) is 2.22. The molecule has 0 saturated carbocycles. The van der Waals surface area contributed by atoms with Crippen LogP contribution in [0.5, 0.6) is 5.75 Å².